The number of ether oxygens (including phenoxy) is 1. The third-order valence-corrected chi connectivity index (χ3v) is 6.80. The van der Waals surface area contributed by atoms with E-state index in [9.17, 15) is 9.90 Å². The second kappa shape index (κ2) is 8.22. The fourth-order valence-electron chi connectivity index (χ4n) is 4.10. The Morgan fingerprint density at radius 3 is 2.72 bits per heavy atom. The van der Waals surface area contributed by atoms with Gasteiger partial charge in [0.1, 0.15) is 23.4 Å². The molecule has 0 spiro atoms. The number of primary amides is 1. The highest BCUT2D eigenvalue weighted by Crippen LogP contribution is 2.40. The summed E-state index contributed by atoms with van der Waals surface area (Å²) in [6.07, 6.45) is 4.77. The summed E-state index contributed by atoms with van der Waals surface area (Å²) in [7, 11) is 4.25. The van der Waals surface area contributed by atoms with Crippen LogP contribution >= 0.6 is 11.3 Å². The van der Waals surface area contributed by atoms with Gasteiger partial charge in [-0.3, -0.25) is 4.79 Å². The number of aliphatic hydroxyl groups excluding tert-OH is 1. The van der Waals surface area contributed by atoms with E-state index in [0.29, 0.717) is 11.9 Å². The number of rotatable bonds is 6. The van der Waals surface area contributed by atoms with Gasteiger partial charge in [0.25, 0.3) is 0 Å². The van der Waals surface area contributed by atoms with E-state index in [1.165, 1.54) is 6.33 Å². The van der Waals surface area contributed by atoms with Crippen LogP contribution in [0, 0.1) is 0 Å². The second-order valence-electron chi connectivity index (χ2n) is 7.89. The van der Waals surface area contributed by atoms with E-state index in [2.05, 4.69) is 29.0 Å². The second-order valence-corrected chi connectivity index (χ2v) is 8.92. The molecule has 1 atom stereocenters. The Labute approximate surface area is 173 Å². The molecule has 8 heteroatoms. The van der Waals surface area contributed by atoms with Gasteiger partial charge in [0.05, 0.1) is 5.39 Å². The number of aliphatic hydroxyl groups is 1. The van der Waals surface area contributed by atoms with Crippen LogP contribution < -0.4 is 10.5 Å². The molecule has 2 heterocycles. The minimum atomic E-state index is -1.23. The molecule has 1 saturated carbocycles. The predicted octanol–water partition coefficient (Wildman–Crippen LogP) is 2.48. The molecule has 1 amide bonds. The van der Waals surface area contributed by atoms with Gasteiger partial charge in [0.15, 0.2) is 0 Å². The number of carbonyl (C=O) groups is 1. The average Bonchev–Trinajstić information content (AvgIpc) is 3.09. The van der Waals surface area contributed by atoms with Gasteiger partial charge in [0.2, 0.25) is 11.8 Å². The Bertz CT molecular complexity index is 1030. The Morgan fingerprint density at radius 1 is 1.28 bits per heavy atom. The first-order valence-corrected chi connectivity index (χ1v) is 10.7. The summed E-state index contributed by atoms with van der Waals surface area (Å²) in [4.78, 5) is 23.4. The van der Waals surface area contributed by atoms with Crippen LogP contribution in [0.2, 0.25) is 0 Å². The van der Waals surface area contributed by atoms with E-state index < -0.39 is 12.0 Å². The smallest absolute Gasteiger partial charge is 0.246 e. The molecular formula is C21H26N4O3S. The van der Waals surface area contributed by atoms with E-state index in [1.807, 2.05) is 18.2 Å². The Morgan fingerprint density at radius 2 is 2.03 bits per heavy atom. The first-order chi connectivity index (χ1) is 13.9. The van der Waals surface area contributed by atoms with Gasteiger partial charge >= 0.3 is 0 Å². The number of fused-ring (bicyclic) bond motifs is 3. The Hall–Kier alpha value is -2.29. The molecule has 1 fully saturated rings. The minimum absolute atomic E-state index is 0.127. The summed E-state index contributed by atoms with van der Waals surface area (Å²) in [5.74, 6) is -0.150. The van der Waals surface area contributed by atoms with Crippen LogP contribution in [0.5, 0.6) is 5.88 Å². The number of hydrogen-bond donors (Lipinski definition) is 2. The molecule has 154 valence electrons. The molecule has 29 heavy (non-hydrogen) atoms. The standard InChI is InChI=1S/C21H26N4O3S/c1-25(2)13-6-8-14(9-7-13)28-20-18-17-12(10-15(26)19(22)27)4-3-5-16(17)29-21(18)24-11-23-20/h3-5,11,13-15,26H,6-10H2,1-2H3,(H2,22,27)/t13?,14?,15-/m1/s1. The van der Waals surface area contributed by atoms with Crippen LogP contribution in [0.4, 0.5) is 0 Å². The van der Waals surface area contributed by atoms with Gasteiger partial charge < -0.3 is 20.5 Å². The van der Waals surface area contributed by atoms with Crippen molar-refractivity contribution in [2.45, 2.75) is 50.4 Å². The van der Waals surface area contributed by atoms with Crippen molar-refractivity contribution in [3.05, 3.63) is 30.1 Å². The summed E-state index contributed by atoms with van der Waals surface area (Å²) >= 11 is 1.56. The third kappa shape index (κ3) is 4.05. The quantitative estimate of drug-likeness (QED) is 0.643. The van der Waals surface area contributed by atoms with Crippen molar-refractivity contribution >= 4 is 37.5 Å². The molecule has 7 nitrogen and oxygen atoms in total. The van der Waals surface area contributed by atoms with Gasteiger partial charge in [0, 0.05) is 22.5 Å². The summed E-state index contributed by atoms with van der Waals surface area (Å²) in [5.41, 5.74) is 6.11. The lowest BCUT2D eigenvalue weighted by atomic mass is 9.92. The lowest BCUT2D eigenvalue weighted by Gasteiger charge is -2.32. The average molecular weight is 415 g/mol. The molecule has 1 aliphatic rings. The first-order valence-electron chi connectivity index (χ1n) is 9.89. The molecule has 2 aromatic heterocycles. The molecule has 0 radical (unpaired) electrons. The van der Waals surface area contributed by atoms with Gasteiger partial charge in [-0.1, -0.05) is 12.1 Å². The van der Waals surface area contributed by atoms with Crippen LogP contribution in [-0.4, -0.2) is 58.2 Å². The van der Waals surface area contributed by atoms with Gasteiger partial charge in [-0.2, -0.15) is 0 Å². The number of thiophene rings is 1. The maximum Gasteiger partial charge on any atom is 0.246 e. The molecule has 0 saturated heterocycles. The maximum atomic E-state index is 11.4. The first kappa shape index (κ1) is 20.0. The van der Waals surface area contributed by atoms with E-state index in [0.717, 1.165) is 51.5 Å². The van der Waals surface area contributed by atoms with Crippen LogP contribution in [0.15, 0.2) is 24.5 Å². The largest absolute Gasteiger partial charge is 0.474 e. The number of carbonyl (C=O) groups excluding carboxylic acids is 1. The van der Waals surface area contributed by atoms with Gasteiger partial charge in [-0.25, -0.2) is 9.97 Å². The number of aromatic nitrogens is 2. The number of nitrogens with zero attached hydrogens (tertiary/aromatic N) is 3. The van der Waals surface area contributed by atoms with Crippen molar-refractivity contribution < 1.29 is 14.6 Å². The summed E-state index contributed by atoms with van der Waals surface area (Å²) in [6.45, 7) is 0. The molecule has 3 N–H and O–H groups in total. The zero-order valence-electron chi connectivity index (χ0n) is 16.7. The minimum Gasteiger partial charge on any atom is -0.474 e. The molecule has 1 aromatic carbocycles. The third-order valence-electron chi connectivity index (χ3n) is 5.74. The molecule has 0 bridgehead atoms. The lowest BCUT2D eigenvalue weighted by Crippen LogP contribution is -2.35. The number of amides is 1. The van der Waals surface area contributed by atoms with Crippen molar-refractivity contribution in [1.82, 2.24) is 14.9 Å². The maximum absolute atomic E-state index is 11.4. The van der Waals surface area contributed by atoms with Crippen molar-refractivity contribution in [2.24, 2.45) is 5.73 Å². The lowest BCUT2D eigenvalue weighted by molar-refractivity contribution is -0.125. The number of nitrogens with two attached hydrogens (primary N) is 1. The molecular weight excluding hydrogens is 388 g/mol. The van der Waals surface area contributed by atoms with Gasteiger partial charge in [-0.15, -0.1) is 11.3 Å². The SMILES string of the molecule is CN(C)C1CCC(Oc2ncnc3sc4cccc(C[C@@H](O)C(N)=O)c4c23)CC1. The van der Waals surface area contributed by atoms with Crippen molar-refractivity contribution in [3.63, 3.8) is 0 Å². The van der Waals surface area contributed by atoms with Crippen LogP contribution in [-0.2, 0) is 11.2 Å². The molecule has 0 unspecified atom stereocenters. The van der Waals surface area contributed by atoms with Crippen molar-refractivity contribution in [2.75, 3.05) is 14.1 Å². The van der Waals surface area contributed by atoms with E-state index >= 15 is 0 Å². The predicted molar refractivity (Wildman–Crippen MR) is 114 cm³/mol. The Kier molecular flexibility index (Phi) is 5.67. The monoisotopic (exact) mass is 414 g/mol. The fraction of sp³-hybridized carbons (Fsp3) is 0.476. The summed E-state index contributed by atoms with van der Waals surface area (Å²) in [5, 5.41) is 11.8. The molecule has 1 aliphatic carbocycles. The van der Waals surface area contributed by atoms with Crippen LogP contribution in [0.25, 0.3) is 20.3 Å². The van der Waals surface area contributed by atoms with Crippen molar-refractivity contribution in [1.29, 1.82) is 0 Å². The molecule has 0 aliphatic heterocycles. The molecule has 3 aromatic rings. The van der Waals surface area contributed by atoms with Crippen molar-refractivity contribution in [3.8, 4) is 5.88 Å². The van der Waals surface area contributed by atoms with E-state index in [1.54, 1.807) is 11.3 Å². The zero-order chi connectivity index (χ0) is 20.5. The number of benzene rings is 1. The molecule has 4 rings (SSSR count). The van der Waals surface area contributed by atoms with E-state index in [-0.39, 0.29) is 12.5 Å². The topological polar surface area (TPSA) is 102 Å². The normalized spacial score (nSPS) is 21.0. The summed E-state index contributed by atoms with van der Waals surface area (Å²) < 4.78 is 7.38. The number of hydrogen-bond acceptors (Lipinski definition) is 7. The van der Waals surface area contributed by atoms with Crippen LogP contribution in [0.3, 0.4) is 0 Å². The summed E-state index contributed by atoms with van der Waals surface area (Å²) in [6, 6.07) is 6.43. The highest BCUT2D eigenvalue weighted by atomic mass is 32.1. The highest BCUT2D eigenvalue weighted by Gasteiger charge is 2.26. The highest BCUT2D eigenvalue weighted by molar-refractivity contribution is 7.25. The fourth-order valence-corrected chi connectivity index (χ4v) is 5.18. The van der Waals surface area contributed by atoms with Crippen LogP contribution in [0.1, 0.15) is 31.2 Å². The Balaban J connectivity index is 1.69. The van der Waals surface area contributed by atoms with E-state index in [4.69, 9.17) is 10.5 Å². The zero-order valence-corrected chi connectivity index (χ0v) is 17.5. The van der Waals surface area contributed by atoms with Gasteiger partial charge in [-0.05, 0) is 51.4 Å².